The number of hydrogen-bond donors (Lipinski definition) is 1. The zero-order valence-corrected chi connectivity index (χ0v) is 9.51. The first-order valence-corrected chi connectivity index (χ1v) is 6.11. The van der Waals surface area contributed by atoms with E-state index in [-0.39, 0.29) is 5.60 Å². The molecule has 2 saturated carbocycles. The third-order valence-corrected chi connectivity index (χ3v) is 4.22. The van der Waals surface area contributed by atoms with Crippen LogP contribution in [0.25, 0.3) is 0 Å². The lowest BCUT2D eigenvalue weighted by Gasteiger charge is -2.51. The van der Waals surface area contributed by atoms with E-state index in [0.29, 0.717) is 6.04 Å². The molecule has 2 nitrogen and oxygen atoms in total. The van der Waals surface area contributed by atoms with Gasteiger partial charge < -0.3 is 10.1 Å². The van der Waals surface area contributed by atoms with Gasteiger partial charge >= 0.3 is 0 Å². The summed E-state index contributed by atoms with van der Waals surface area (Å²) in [7, 11) is 1.89. The van der Waals surface area contributed by atoms with Crippen molar-refractivity contribution in [3.63, 3.8) is 0 Å². The van der Waals surface area contributed by atoms with Gasteiger partial charge in [0.05, 0.1) is 5.60 Å². The molecule has 0 bridgehead atoms. The van der Waals surface area contributed by atoms with Crippen LogP contribution in [0, 0.1) is 5.92 Å². The topological polar surface area (TPSA) is 21.3 Å². The Morgan fingerprint density at radius 3 is 2.36 bits per heavy atom. The Bertz CT molecular complexity index is 179. The molecule has 1 atom stereocenters. The Balaban J connectivity index is 2.00. The van der Waals surface area contributed by atoms with Gasteiger partial charge in [-0.1, -0.05) is 13.3 Å². The fourth-order valence-electron chi connectivity index (χ4n) is 2.94. The minimum atomic E-state index is 0.196. The van der Waals surface area contributed by atoms with Crippen LogP contribution in [0.2, 0.25) is 0 Å². The molecular weight excluding hydrogens is 174 g/mol. The molecule has 0 aliphatic heterocycles. The number of methoxy groups -OCH3 is 1. The van der Waals surface area contributed by atoms with Crippen LogP contribution in [0.1, 0.15) is 45.4 Å². The highest BCUT2D eigenvalue weighted by molar-refractivity contribution is 5.03. The molecule has 1 N–H and O–H groups in total. The van der Waals surface area contributed by atoms with E-state index in [4.69, 9.17) is 4.74 Å². The van der Waals surface area contributed by atoms with Crippen LogP contribution in [-0.4, -0.2) is 25.3 Å². The van der Waals surface area contributed by atoms with Crippen LogP contribution < -0.4 is 5.32 Å². The van der Waals surface area contributed by atoms with E-state index in [1.807, 2.05) is 7.11 Å². The van der Waals surface area contributed by atoms with Gasteiger partial charge in [0.1, 0.15) is 0 Å². The van der Waals surface area contributed by atoms with Crippen molar-refractivity contribution >= 4 is 0 Å². The van der Waals surface area contributed by atoms with Crippen molar-refractivity contribution in [2.75, 3.05) is 13.7 Å². The number of nitrogens with one attached hydrogen (secondary N) is 1. The minimum absolute atomic E-state index is 0.196. The van der Waals surface area contributed by atoms with Crippen LogP contribution in [0.4, 0.5) is 0 Å². The lowest BCUT2D eigenvalue weighted by molar-refractivity contribution is -0.118. The summed E-state index contributed by atoms with van der Waals surface area (Å²) in [6, 6.07) is 0.625. The predicted molar refractivity (Wildman–Crippen MR) is 58.4 cm³/mol. The molecule has 0 aromatic carbocycles. The molecule has 0 saturated heterocycles. The van der Waals surface area contributed by atoms with Gasteiger partial charge in [0.2, 0.25) is 0 Å². The van der Waals surface area contributed by atoms with Gasteiger partial charge in [-0.3, -0.25) is 0 Å². The molecule has 2 aliphatic rings. The Labute approximate surface area is 87.4 Å². The van der Waals surface area contributed by atoms with Gasteiger partial charge in [0, 0.05) is 13.2 Å². The molecule has 2 heteroatoms. The average Bonchev–Trinajstić information content (AvgIpc) is 2.00. The summed E-state index contributed by atoms with van der Waals surface area (Å²) in [5, 5.41) is 3.65. The normalized spacial score (nSPS) is 27.9. The van der Waals surface area contributed by atoms with E-state index in [1.165, 1.54) is 38.5 Å². The van der Waals surface area contributed by atoms with Crippen molar-refractivity contribution in [1.29, 1.82) is 0 Å². The van der Waals surface area contributed by atoms with Crippen molar-refractivity contribution in [2.24, 2.45) is 5.92 Å². The first kappa shape index (κ1) is 10.4. The maximum Gasteiger partial charge on any atom is 0.0833 e. The SMILES string of the molecule is CCNC(C1CCC1)C1(OC)CCC1. The molecule has 0 aromatic rings. The molecule has 1 unspecified atom stereocenters. The minimum Gasteiger partial charge on any atom is -0.377 e. The van der Waals surface area contributed by atoms with Crippen LogP contribution in [0.5, 0.6) is 0 Å². The predicted octanol–water partition coefficient (Wildman–Crippen LogP) is 2.33. The monoisotopic (exact) mass is 197 g/mol. The molecule has 2 rings (SSSR count). The van der Waals surface area contributed by atoms with Gasteiger partial charge in [-0.05, 0) is 44.6 Å². The summed E-state index contributed by atoms with van der Waals surface area (Å²) in [6.45, 7) is 3.28. The molecule has 82 valence electrons. The smallest absolute Gasteiger partial charge is 0.0833 e. The molecule has 14 heavy (non-hydrogen) atoms. The summed E-state index contributed by atoms with van der Waals surface area (Å²) in [5.41, 5.74) is 0.196. The second-order valence-corrected chi connectivity index (χ2v) is 4.85. The number of hydrogen-bond acceptors (Lipinski definition) is 2. The van der Waals surface area contributed by atoms with Gasteiger partial charge in [0.25, 0.3) is 0 Å². The van der Waals surface area contributed by atoms with Gasteiger partial charge in [-0.2, -0.15) is 0 Å². The van der Waals surface area contributed by atoms with Gasteiger partial charge in [-0.25, -0.2) is 0 Å². The molecule has 0 heterocycles. The van der Waals surface area contributed by atoms with E-state index in [0.717, 1.165) is 12.5 Å². The summed E-state index contributed by atoms with van der Waals surface area (Å²) < 4.78 is 5.78. The third kappa shape index (κ3) is 1.59. The molecule has 0 aromatic heterocycles. The zero-order valence-electron chi connectivity index (χ0n) is 9.51. The fourth-order valence-corrected chi connectivity index (χ4v) is 2.94. The Morgan fingerprint density at radius 2 is 2.07 bits per heavy atom. The molecule has 0 amide bonds. The van der Waals surface area contributed by atoms with Crippen molar-refractivity contribution < 1.29 is 4.74 Å². The van der Waals surface area contributed by atoms with Crippen LogP contribution in [0.3, 0.4) is 0 Å². The van der Waals surface area contributed by atoms with Crippen molar-refractivity contribution in [2.45, 2.75) is 57.1 Å². The molecule has 0 spiro atoms. The maximum absolute atomic E-state index is 5.78. The van der Waals surface area contributed by atoms with Crippen molar-refractivity contribution in [3.8, 4) is 0 Å². The molecule has 0 radical (unpaired) electrons. The highest BCUT2D eigenvalue weighted by atomic mass is 16.5. The van der Waals surface area contributed by atoms with Crippen molar-refractivity contribution in [3.05, 3.63) is 0 Å². The lowest BCUT2D eigenvalue weighted by Crippen LogP contribution is -2.60. The summed E-state index contributed by atoms with van der Waals surface area (Å²) >= 11 is 0. The van der Waals surface area contributed by atoms with Crippen LogP contribution >= 0.6 is 0 Å². The van der Waals surface area contributed by atoms with E-state index >= 15 is 0 Å². The number of rotatable bonds is 5. The Morgan fingerprint density at radius 1 is 1.36 bits per heavy atom. The lowest BCUT2D eigenvalue weighted by atomic mass is 9.65. The standard InChI is InChI=1S/C12H23NO/c1-3-13-11(10-6-4-7-10)12(14-2)8-5-9-12/h10-11,13H,3-9H2,1-2H3. The van der Waals surface area contributed by atoms with E-state index in [2.05, 4.69) is 12.2 Å². The fraction of sp³-hybridized carbons (Fsp3) is 1.00. The largest absolute Gasteiger partial charge is 0.377 e. The van der Waals surface area contributed by atoms with Gasteiger partial charge in [-0.15, -0.1) is 0 Å². The first-order chi connectivity index (χ1) is 6.82. The number of likely N-dealkylation sites (N-methyl/N-ethyl adjacent to an activating group) is 1. The Kier molecular flexibility index (Phi) is 3.13. The van der Waals surface area contributed by atoms with E-state index in [1.54, 1.807) is 0 Å². The molecular formula is C12H23NO. The average molecular weight is 197 g/mol. The van der Waals surface area contributed by atoms with Crippen LogP contribution in [-0.2, 0) is 4.74 Å². The molecule has 2 aliphatic carbocycles. The van der Waals surface area contributed by atoms with E-state index < -0.39 is 0 Å². The summed E-state index contributed by atoms with van der Waals surface area (Å²) in [6.07, 6.45) is 8.11. The summed E-state index contributed by atoms with van der Waals surface area (Å²) in [5.74, 6) is 0.884. The second kappa shape index (κ2) is 4.19. The van der Waals surface area contributed by atoms with Crippen molar-refractivity contribution in [1.82, 2.24) is 5.32 Å². The molecule has 2 fully saturated rings. The quantitative estimate of drug-likeness (QED) is 0.730. The highest BCUT2D eigenvalue weighted by Crippen LogP contribution is 2.45. The van der Waals surface area contributed by atoms with Gasteiger partial charge in [0.15, 0.2) is 0 Å². The zero-order chi connectivity index (χ0) is 10.0. The van der Waals surface area contributed by atoms with E-state index in [9.17, 15) is 0 Å². The summed E-state index contributed by atoms with van der Waals surface area (Å²) in [4.78, 5) is 0. The second-order valence-electron chi connectivity index (χ2n) is 4.85. The third-order valence-electron chi connectivity index (χ3n) is 4.22. The Hall–Kier alpha value is -0.0800. The van der Waals surface area contributed by atoms with Crippen LogP contribution in [0.15, 0.2) is 0 Å². The highest BCUT2D eigenvalue weighted by Gasteiger charge is 2.48. The number of ether oxygens (including phenoxy) is 1. The first-order valence-electron chi connectivity index (χ1n) is 6.11. The maximum atomic E-state index is 5.78.